The molecule has 4 atom stereocenters. The number of aliphatic hydroxyl groups is 1. The van der Waals surface area contributed by atoms with E-state index in [4.69, 9.17) is 9.47 Å². The minimum atomic E-state index is -0.521. The molecule has 2 fully saturated rings. The van der Waals surface area contributed by atoms with Crippen molar-refractivity contribution in [3.05, 3.63) is 83.9 Å². The van der Waals surface area contributed by atoms with Gasteiger partial charge in [-0.05, 0) is 54.2 Å². The average molecular weight is 527 g/mol. The van der Waals surface area contributed by atoms with Crippen molar-refractivity contribution in [2.45, 2.75) is 62.9 Å². The molecule has 0 radical (unpaired) electrons. The molecule has 3 N–H and O–H groups in total. The molecule has 0 aromatic heterocycles. The van der Waals surface area contributed by atoms with Gasteiger partial charge in [0.1, 0.15) is 18.0 Å². The van der Waals surface area contributed by atoms with E-state index >= 15 is 0 Å². The molecular weight excluding hydrogens is 492 g/mol. The molecule has 0 bridgehead atoms. The van der Waals surface area contributed by atoms with Crippen LogP contribution in [0.2, 0.25) is 0 Å². The molecule has 2 heterocycles. The van der Waals surface area contributed by atoms with Gasteiger partial charge in [0.15, 0.2) is 0 Å². The predicted molar refractivity (Wildman–Crippen MR) is 148 cm³/mol. The van der Waals surface area contributed by atoms with Crippen LogP contribution < -0.4 is 15.4 Å². The van der Waals surface area contributed by atoms with Crippen molar-refractivity contribution in [2.75, 3.05) is 11.9 Å². The number of carbonyl (C=O) groups excluding carboxylic acids is 2. The first-order valence-corrected chi connectivity index (χ1v) is 13.9. The van der Waals surface area contributed by atoms with Gasteiger partial charge in [-0.3, -0.25) is 9.59 Å². The van der Waals surface area contributed by atoms with Gasteiger partial charge in [0.25, 0.3) is 0 Å². The molecule has 39 heavy (non-hydrogen) atoms. The van der Waals surface area contributed by atoms with Gasteiger partial charge in [0.2, 0.25) is 11.8 Å². The van der Waals surface area contributed by atoms with Gasteiger partial charge in [-0.2, -0.15) is 0 Å². The highest BCUT2D eigenvalue weighted by atomic mass is 16.6. The third-order valence-electron chi connectivity index (χ3n) is 8.21. The van der Waals surface area contributed by atoms with Crippen LogP contribution in [-0.4, -0.2) is 41.8 Å². The van der Waals surface area contributed by atoms with E-state index in [0.717, 1.165) is 53.0 Å². The highest BCUT2D eigenvalue weighted by Gasteiger charge is 2.46. The number of nitrogens with one attached hydrogen (secondary N) is 2. The first kappa shape index (κ1) is 25.6. The summed E-state index contributed by atoms with van der Waals surface area (Å²) in [5, 5.41) is 16.1. The largest absolute Gasteiger partial charge is 0.487 e. The van der Waals surface area contributed by atoms with Crippen LogP contribution >= 0.6 is 0 Å². The van der Waals surface area contributed by atoms with Crippen molar-refractivity contribution in [3.63, 3.8) is 0 Å². The Hall–Kier alpha value is -3.68. The van der Waals surface area contributed by atoms with E-state index in [1.54, 1.807) is 0 Å². The Morgan fingerprint density at radius 3 is 2.44 bits per heavy atom. The lowest BCUT2D eigenvalue weighted by Crippen LogP contribution is -2.47. The van der Waals surface area contributed by atoms with Crippen LogP contribution in [-0.2, 0) is 20.9 Å². The maximum Gasteiger partial charge on any atom is 0.227 e. The molecule has 2 amide bonds. The molecule has 3 aromatic carbocycles. The molecule has 1 saturated carbocycles. The minimum Gasteiger partial charge on any atom is -0.487 e. The zero-order valence-electron chi connectivity index (χ0n) is 21.8. The van der Waals surface area contributed by atoms with Gasteiger partial charge in [-0.25, -0.2) is 0 Å². The third-order valence-corrected chi connectivity index (χ3v) is 8.21. The molecule has 3 aromatic rings. The van der Waals surface area contributed by atoms with Crippen molar-refractivity contribution in [1.29, 1.82) is 0 Å². The van der Waals surface area contributed by atoms with E-state index < -0.39 is 6.10 Å². The molecule has 7 heteroatoms. The van der Waals surface area contributed by atoms with Crippen LogP contribution in [0.4, 0.5) is 5.69 Å². The van der Waals surface area contributed by atoms with E-state index in [1.165, 1.54) is 0 Å². The highest BCUT2D eigenvalue weighted by Crippen LogP contribution is 2.47. The Morgan fingerprint density at radius 2 is 1.72 bits per heavy atom. The van der Waals surface area contributed by atoms with Crippen molar-refractivity contribution in [2.24, 2.45) is 5.92 Å². The Bertz CT molecular complexity index is 1320. The number of benzene rings is 3. The number of anilines is 1. The zero-order valence-corrected chi connectivity index (χ0v) is 21.8. The van der Waals surface area contributed by atoms with Crippen LogP contribution in [0, 0.1) is 5.92 Å². The molecule has 0 unspecified atom stereocenters. The van der Waals surface area contributed by atoms with E-state index in [-0.39, 0.29) is 48.9 Å². The first-order valence-electron chi connectivity index (χ1n) is 13.9. The van der Waals surface area contributed by atoms with E-state index in [1.807, 2.05) is 48.5 Å². The van der Waals surface area contributed by atoms with Crippen LogP contribution in [0.25, 0.3) is 11.1 Å². The van der Waals surface area contributed by atoms with Crippen molar-refractivity contribution < 1.29 is 24.2 Å². The lowest BCUT2D eigenvalue weighted by Gasteiger charge is -2.37. The van der Waals surface area contributed by atoms with E-state index in [0.29, 0.717) is 13.0 Å². The number of carbonyl (C=O) groups is 2. The normalized spacial score (nSPS) is 23.6. The molecule has 7 nitrogen and oxygen atoms in total. The number of fused-ring (bicyclic) bond motifs is 3. The van der Waals surface area contributed by atoms with Crippen LogP contribution in [0.1, 0.15) is 49.1 Å². The van der Waals surface area contributed by atoms with Gasteiger partial charge in [0, 0.05) is 29.6 Å². The van der Waals surface area contributed by atoms with Crippen molar-refractivity contribution in [1.82, 2.24) is 5.32 Å². The van der Waals surface area contributed by atoms with Gasteiger partial charge in [-0.15, -0.1) is 0 Å². The predicted octanol–water partition coefficient (Wildman–Crippen LogP) is 4.79. The number of hydrogen-bond donors (Lipinski definition) is 3. The van der Waals surface area contributed by atoms with E-state index in [9.17, 15) is 14.7 Å². The topological polar surface area (TPSA) is 96.9 Å². The number of aliphatic hydroxyl groups excluding tert-OH is 1. The maximum absolute atomic E-state index is 12.8. The second kappa shape index (κ2) is 11.2. The second-order valence-electron chi connectivity index (χ2n) is 10.8. The fourth-order valence-electron chi connectivity index (χ4n) is 5.81. The standard InChI is InChI=1S/C32H34N2O5/c35-19-29-31-27(26-15-24(13-14-28(26)39-31)34-32(37)23-7-4-8-23)16-25(38-29)17-30(36)33-18-20-9-11-22(12-10-20)21-5-2-1-3-6-21/h1-3,5-6,9-15,23,25,27,29,31,35H,4,7-8,16-19H2,(H,33,36)(H,34,37)/t25-,27+,29+,31-/m1/s1. The summed E-state index contributed by atoms with van der Waals surface area (Å²) in [6.45, 7) is 0.248. The molecule has 0 spiro atoms. The Labute approximate surface area is 228 Å². The molecular formula is C32H34N2O5. The van der Waals surface area contributed by atoms with Crippen LogP contribution in [0.15, 0.2) is 72.8 Å². The SMILES string of the molecule is O=C(C[C@H]1C[C@H]2c3cc(NC(=O)C4CCC4)ccc3O[C@H]2[C@H](CO)O1)NCc1ccc(-c2ccccc2)cc1. The lowest BCUT2D eigenvalue weighted by molar-refractivity contribution is -0.142. The van der Waals surface area contributed by atoms with Gasteiger partial charge >= 0.3 is 0 Å². The molecule has 1 aliphatic carbocycles. The lowest BCUT2D eigenvalue weighted by atomic mass is 9.83. The van der Waals surface area contributed by atoms with Crippen molar-refractivity contribution in [3.8, 4) is 16.9 Å². The summed E-state index contributed by atoms with van der Waals surface area (Å²) in [4.78, 5) is 25.3. The van der Waals surface area contributed by atoms with Crippen molar-refractivity contribution >= 4 is 17.5 Å². The summed E-state index contributed by atoms with van der Waals surface area (Å²) >= 11 is 0. The fraction of sp³-hybridized carbons (Fsp3) is 0.375. The summed E-state index contributed by atoms with van der Waals surface area (Å²) in [6.07, 6.45) is 2.64. The number of amides is 2. The Balaban J connectivity index is 1.07. The molecule has 6 rings (SSSR count). The van der Waals surface area contributed by atoms with Crippen LogP contribution in [0.5, 0.6) is 5.75 Å². The third kappa shape index (κ3) is 5.56. The van der Waals surface area contributed by atoms with Gasteiger partial charge < -0.3 is 25.2 Å². The maximum atomic E-state index is 12.8. The molecule has 3 aliphatic rings. The first-order chi connectivity index (χ1) is 19.1. The smallest absolute Gasteiger partial charge is 0.227 e. The fourth-order valence-corrected chi connectivity index (χ4v) is 5.81. The summed E-state index contributed by atoms with van der Waals surface area (Å²) in [5.74, 6) is 0.811. The van der Waals surface area contributed by atoms with E-state index in [2.05, 4.69) is 34.9 Å². The summed E-state index contributed by atoms with van der Waals surface area (Å²) in [6, 6.07) is 24.1. The van der Waals surface area contributed by atoms with Gasteiger partial charge in [-0.1, -0.05) is 61.0 Å². The number of ether oxygens (including phenoxy) is 2. The molecule has 202 valence electrons. The number of rotatable bonds is 8. The number of hydrogen-bond acceptors (Lipinski definition) is 5. The van der Waals surface area contributed by atoms with Gasteiger partial charge in [0.05, 0.1) is 19.1 Å². The summed E-state index contributed by atoms with van der Waals surface area (Å²) < 4.78 is 12.3. The average Bonchev–Trinajstić information content (AvgIpc) is 3.29. The molecule has 1 saturated heterocycles. The second-order valence-corrected chi connectivity index (χ2v) is 10.8. The molecule has 2 aliphatic heterocycles. The van der Waals surface area contributed by atoms with Crippen LogP contribution in [0.3, 0.4) is 0 Å². The monoisotopic (exact) mass is 526 g/mol. The minimum absolute atomic E-state index is 0.0187. The zero-order chi connectivity index (χ0) is 26.8. The Morgan fingerprint density at radius 1 is 0.949 bits per heavy atom. The highest BCUT2D eigenvalue weighted by molar-refractivity contribution is 5.93. The Kier molecular flexibility index (Phi) is 7.35. The quantitative estimate of drug-likeness (QED) is 0.392. The summed E-state index contributed by atoms with van der Waals surface area (Å²) in [7, 11) is 0. The summed E-state index contributed by atoms with van der Waals surface area (Å²) in [5.41, 5.74) is 5.07.